The molecule has 0 bridgehead atoms. The summed E-state index contributed by atoms with van der Waals surface area (Å²) in [7, 11) is 0. The van der Waals surface area contributed by atoms with Gasteiger partial charge in [-0.1, -0.05) is 13.8 Å². The zero-order valence-corrected chi connectivity index (χ0v) is 18.6. The summed E-state index contributed by atoms with van der Waals surface area (Å²) in [5.41, 5.74) is 1.24. The molecule has 2 aliphatic rings. The van der Waals surface area contributed by atoms with Crippen LogP contribution in [0.15, 0.2) is 21.1 Å². The Hall–Kier alpha value is -0.880. The zero-order valence-electron chi connectivity index (χ0n) is 15.4. The Balaban J connectivity index is 1.81. The van der Waals surface area contributed by atoms with Gasteiger partial charge in [0.25, 0.3) is 11.8 Å². The second-order valence-corrected chi connectivity index (χ2v) is 9.52. The lowest BCUT2D eigenvalue weighted by Gasteiger charge is -2.32. The fourth-order valence-electron chi connectivity index (χ4n) is 3.96. The summed E-state index contributed by atoms with van der Waals surface area (Å²) in [5, 5.41) is 0. The standard InChI is InChI=1S/C20H26Br2N2O2/c1-13-5-3-7-23(11-13)19(25)15-9-18(22)16(10-17(15)21)20(26)24-8-4-6-14(2)12-24/h9-10,13-14H,3-8,11-12H2,1-2H3/t13-,14+. The van der Waals surface area contributed by atoms with Gasteiger partial charge in [0.2, 0.25) is 0 Å². The number of amides is 2. The third-order valence-electron chi connectivity index (χ3n) is 5.41. The van der Waals surface area contributed by atoms with Gasteiger partial charge in [-0.25, -0.2) is 0 Å². The summed E-state index contributed by atoms with van der Waals surface area (Å²) in [4.78, 5) is 29.7. The Morgan fingerprint density at radius 3 is 1.58 bits per heavy atom. The number of benzene rings is 1. The second kappa shape index (κ2) is 8.42. The molecule has 2 atom stereocenters. The summed E-state index contributed by atoms with van der Waals surface area (Å²) in [6.07, 6.45) is 4.46. The predicted octanol–water partition coefficient (Wildman–Crippen LogP) is 4.96. The number of hydrogen-bond acceptors (Lipinski definition) is 2. The summed E-state index contributed by atoms with van der Waals surface area (Å²) in [5.74, 6) is 1.15. The molecule has 3 rings (SSSR count). The highest BCUT2D eigenvalue weighted by molar-refractivity contribution is 9.11. The van der Waals surface area contributed by atoms with Crippen molar-refractivity contribution in [3.05, 3.63) is 32.2 Å². The first-order chi connectivity index (χ1) is 12.4. The SMILES string of the molecule is C[C@@H]1CCCN(C(=O)c2cc(Br)c(C(=O)N3CCC[C@H](C)C3)cc2Br)C1. The highest BCUT2D eigenvalue weighted by Gasteiger charge is 2.27. The third-order valence-corrected chi connectivity index (χ3v) is 6.72. The molecule has 2 saturated heterocycles. The molecule has 0 radical (unpaired) electrons. The quantitative estimate of drug-likeness (QED) is 0.594. The molecule has 0 saturated carbocycles. The van der Waals surface area contributed by atoms with Gasteiger partial charge in [-0.2, -0.15) is 0 Å². The van der Waals surface area contributed by atoms with Gasteiger partial charge in [0, 0.05) is 35.1 Å². The molecule has 0 unspecified atom stereocenters. The topological polar surface area (TPSA) is 40.6 Å². The number of nitrogens with zero attached hydrogens (tertiary/aromatic N) is 2. The summed E-state index contributed by atoms with van der Waals surface area (Å²) >= 11 is 7.06. The van der Waals surface area contributed by atoms with E-state index in [9.17, 15) is 9.59 Å². The van der Waals surface area contributed by atoms with E-state index >= 15 is 0 Å². The average molecular weight is 486 g/mol. The van der Waals surface area contributed by atoms with Gasteiger partial charge in [0.05, 0.1) is 11.1 Å². The first-order valence-corrected chi connectivity index (χ1v) is 11.0. The van der Waals surface area contributed by atoms with Crippen LogP contribution in [0, 0.1) is 11.8 Å². The predicted molar refractivity (Wildman–Crippen MR) is 110 cm³/mol. The molecule has 6 heteroatoms. The number of carbonyl (C=O) groups is 2. The van der Waals surface area contributed by atoms with Crippen molar-refractivity contribution in [1.29, 1.82) is 0 Å². The van der Waals surface area contributed by atoms with E-state index < -0.39 is 0 Å². The van der Waals surface area contributed by atoms with Crippen LogP contribution in [0.2, 0.25) is 0 Å². The third kappa shape index (κ3) is 4.33. The van der Waals surface area contributed by atoms with Gasteiger partial charge < -0.3 is 9.80 Å². The van der Waals surface area contributed by atoms with Gasteiger partial charge in [0.1, 0.15) is 0 Å². The van der Waals surface area contributed by atoms with Crippen molar-refractivity contribution in [3.8, 4) is 0 Å². The van der Waals surface area contributed by atoms with Crippen molar-refractivity contribution in [2.75, 3.05) is 26.2 Å². The van der Waals surface area contributed by atoms with Crippen molar-refractivity contribution in [2.45, 2.75) is 39.5 Å². The van der Waals surface area contributed by atoms with Crippen LogP contribution in [0.25, 0.3) is 0 Å². The monoisotopic (exact) mass is 484 g/mol. The fraction of sp³-hybridized carbons (Fsp3) is 0.600. The average Bonchev–Trinajstić information content (AvgIpc) is 2.62. The van der Waals surface area contributed by atoms with Gasteiger partial charge in [-0.3, -0.25) is 9.59 Å². The lowest BCUT2D eigenvalue weighted by Crippen LogP contribution is -2.40. The van der Waals surface area contributed by atoms with E-state index in [4.69, 9.17) is 0 Å². The van der Waals surface area contributed by atoms with E-state index in [1.807, 2.05) is 9.80 Å². The maximum atomic E-state index is 12.9. The Labute approximate surface area is 172 Å². The van der Waals surface area contributed by atoms with Crippen molar-refractivity contribution >= 4 is 43.7 Å². The lowest BCUT2D eigenvalue weighted by atomic mass is 9.98. The summed E-state index contributed by atoms with van der Waals surface area (Å²) < 4.78 is 1.38. The van der Waals surface area contributed by atoms with Crippen molar-refractivity contribution < 1.29 is 9.59 Å². The second-order valence-electron chi connectivity index (χ2n) is 7.81. The summed E-state index contributed by atoms with van der Waals surface area (Å²) in [6, 6.07) is 3.60. The molecule has 0 N–H and O–H groups in total. The molecule has 2 fully saturated rings. The van der Waals surface area contributed by atoms with E-state index in [0.29, 0.717) is 31.9 Å². The lowest BCUT2D eigenvalue weighted by molar-refractivity contribution is 0.0670. The van der Waals surface area contributed by atoms with Crippen molar-refractivity contribution in [3.63, 3.8) is 0 Å². The van der Waals surface area contributed by atoms with Crippen LogP contribution >= 0.6 is 31.9 Å². The molecule has 1 aromatic rings. The molecule has 142 valence electrons. The van der Waals surface area contributed by atoms with Crippen LogP contribution in [0.5, 0.6) is 0 Å². The van der Waals surface area contributed by atoms with Crippen LogP contribution in [-0.2, 0) is 0 Å². The molecular weight excluding hydrogens is 460 g/mol. The molecule has 0 aliphatic carbocycles. The van der Waals surface area contributed by atoms with E-state index in [1.165, 1.54) is 12.8 Å². The molecule has 2 heterocycles. The Kier molecular flexibility index (Phi) is 6.44. The first kappa shape index (κ1) is 19.9. The molecular formula is C20H26Br2N2O2. The Morgan fingerprint density at radius 1 is 0.846 bits per heavy atom. The minimum Gasteiger partial charge on any atom is -0.338 e. The van der Waals surface area contributed by atoms with Crippen LogP contribution in [0.1, 0.15) is 60.2 Å². The molecule has 0 aromatic heterocycles. The van der Waals surface area contributed by atoms with Crippen molar-refractivity contribution in [1.82, 2.24) is 9.80 Å². The van der Waals surface area contributed by atoms with Gasteiger partial charge in [0.15, 0.2) is 0 Å². The molecule has 2 aliphatic heterocycles. The van der Waals surface area contributed by atoms with Crippen LogP contribution in [-0.4, -0.2) is 47.8 Å². The fourth-order valence-corrected chi connectivity index (χ4v) is 4.99. The Bertz CT molecular complexity index is 648. The highest BCUT2D eigenvalue weighted by Crippen LogP contribution is 2.30. The molecule has 0 spiro atoms. The van der Waals surface area contributed by atoms with Crippen LogP contribution in [0.3, 0.4) is 0 Å². The minimum atomic E-state index is 0.0368. The molecule has 26 heavy (non-hydrogen) atoms. The van der Waals surface area contributed by atoms with Gasteiger partial charge in [-0.05, 0) is 81.5 Å². The molecule has 2 amide bonds. The number of hydrogen-bond donors (Lipinski definition) is 0. The number of halogens is 2. The molecule has 4 nitrogen and oxygen atoms in total. The largest absolute Gasteiger partial charge is 0.338 e. The molecule has 1 aromatic carbocycles. The van der Waals surface area contributed by atoms with E-state index in [2.05, 4.69) is 45.7 Å². The smallest absolute Gasteiger partial charge is 0.255 e. The summed E-state index contributed by atoms with van der Waals surface area (Å²) in [6.45, 7) is 7.58. The van der Waals surface area contributed by atoms with Gasteiger partial charge in [-0.15, -0.1) is 0 Å². The van der Waals surface area contributed by atoms with E-state index in [1.54, 1.807) is 12.1 Å². The maximum Gasteiger partial charge on any atom is 0.255 e. The van der Waals surface area contributed by atoms with E-state index in [-0.39, 0.29) is 11.8 Å². The van der Waals surface area contributed by atoms with Crippen LogP contribution in [0.4, 0.5) is 0 Å². The number of carbonyl (C=O) groups excluding carboxylic acids is 2. The van der Waals surface area contributed by atoms with Crippen molar-refractivity contribution in [2.24, 2.45) is 11.8 Å². The normalized spacial score (nSPS) is 23.8. The van der Waals surface area contributed by atoms with E-state index in [0.717, 1.165) is 39.0 Å². The number of piperidine rings is 2. The first-order valence-electron chi connectivity index (χ1n) is 9.44. The highest BCUT2D eigenvalue weighted by atomic mass is 79.9. The number of likely N-dealkylation sites (tertiary alicyclic amines) is 2. The Morgan fingerprint density at radius 2 is 1.23 bits per heavy atom. The maximum absolute atomic E-state index is 12.9. The van der Waals surface area contributed by atoms with Crippen LogP contribution < -0.4 is 0 Å². The number of rotatable bonds is 2. The minimum absolute atomic E-state index is 0.0368. The zero-order chi connectivity index (χ0) is 18.8. The van der Waals surface area contributed by atoms with Gasteiger partial charge >= 0.3 is 0 Å².